The Morgan fingerprint density at radius 2 is 2.09 bits per heavy atom. The maximum absolute atomic E-state index is 12.5. The fraction of sp³-hybridized carbons (Fsp3) is 0.154. The quantitative estimate of drug-likeness (QED) is 0.756. The lowest BCUT2D eigenvalue weighted by atomic mass is 10.2. The number of nitrogens with one attached hydrogen (secondary N) is 2. The van der Waals surface area contributed by atoms with Crippen LogP contribution in [-0.4, -0.2) is 21.1 Å². The molecule has 9 heteroatoms. The van der Waals surface area contributed by atoms with Crippen LogP contribution in [0.4, 0.5) is 18.3 Å². The number of H-pyrrole nitrogens is 1. The van der Waals surface area contributed by atoms with E-state index in [0.29, 0.717) is 16.7 Å². The van der Waals surface area contributed by atoms with E-state index in [2.05, 4.69) is 15.4 Å². The molecule has 0 fully saturated rings. The van der Waals surface area contributed by atoms with Crippen LogP contribution in [0, 0.1) is 6.92 Å². The number of benzene rings is 1. The van der Waals surface area contributed by atoms with E-state index in [1.54, 1.807) is 5.10 Å². The number of hydrogen-bond donors (Lipinski definition) is 2. The summed E-state index contributed by atoms with van der Waals surface area (Å²) in [6.07, 6.45) is -4.57. The molecular formula is C13H9F3N4OS. The molecule has 2 aromatic heterocycles. The molecule has 0 radical (unpaired) electrons. The van der Waals surface area contributed by atoms with E-state index >= 15 is 0 Å². The number of carbonyl (C=O) groups is 1. The van der Waals surface area contributed by atoms with Gasteiger partial charge >= 0.3 is 6.18 Å². The number of aromatic nitrogens is 3. The van der Waals surface area contributed by atoms with Gasteiger partial charge in [0.15, 0.2) is 10.8 Å². The highest BCUT2D eigenvalue weighted by molar-refractivity contribution is 7.22. The van der Waals surface area contributed by atoms with E-state index in [-0.39, 0.29) is 5.69 Å². The van der Waals surface area contributed by atoms with Crippen molar-refractivity contribution in [3.8, 4) is 0 Å². The van der Waals surface area contributed by atoms with Crippen LogP contribution in [0.5, 0.6) is 0 Å². The lowest BCUT2D eigenvalue weighted by molar-refractivity contribution is -0.141. The van der Waals surface area contributed by atoms with E-state index in [1.165, 1.54) is 11.3 Å². The van der Waals surface area contributed by atoms with Gasteiger partial charge in [0.1, 0.15) is 5.69 Å². The molecule has 3 aromatic rings. The van der Waals surface area contributed by atoms with Crippen molar-refractivity contribution in [3.05, 3.63) is 41.2 Å². The van der Waals surface area contributed by atoms with E-state index < -0.39 is 17.8 Å². The number of halogens is 3. The van der Waals surface area contributed by atoms with Gasteiger partial charge in [0.25, 0.3) is 5.91 Å². The lowest BCUT2D eigenvalue weighted by Crippen LogP contribution is -2.12. The molecule has 0 aliphatic carbocycles. The summed E-state index contributed by atoms with van der Waals surface area (Å²) in [5, 5.41) is 7.92. The number of carbonyl (C=O) groups excluding carboxylic acids is 1. The Balaban J connectivity index is 1.82. The highest BCUT2D eigenvalue weighted by Gasteiger charge is 2.33. The summed E-state index contributed by atoms with van der Waals surface area (Å²) in [5.41, 5.74) is 0.348. The number of thiazole rings is 1. The van der Waals surface area contributed by atoms with Gasteiger partial charge in [-0.15, -0.1) is 0 Å². The number of anilines is 1. The first-order valence-electron chi connectivity index (χ1n) is 6.14. The second-order valence-electron chi connectivity index (χ2n) is 4.61. The number of hydrogen-bond acceptors (Lipinski definition) is 4. The fourth-order valence-electron chi connectivity index (χ4n) is 1.83. The Kier molecular flexibility index (Phi) is 3.36. The number of rotatable bonds is 2. The second-order valence-corrected chi connectivity index (χ2v) is 5.64. The normalized spacial score (nSPS) is 11.8. The Morgan fingerprint density at radius 3 is 2.77 bits per heavy atom. The van der Waals surface area contributed by atoms with Crippen LogP contribution in [0.2, 0.25) is 0 Å². The Morgan fingerprint density at radius 1 is 1.32 bits per heavy atom. The zero-order chi connectivity index (χ0) is 15.9. The Bertz CT molecular complexity index is 852. The first kappa shape index (κ1) is 14.5. The number of nitrogens with zero attached hydrogens (tertiary/aromatic N) is 2. The third-order valence-corrected chi connectivity index (χ3v) is 3.81. The van der Waals surface area contributed by atoms with Crippen molar-refractivity contribution < 1.29 is 18.0 Å². The third kappa shape index (κ3) is 2.80. The monoisotopic (exact) mass is 326 g/mol. The summed E-state index contributed by atoms with van der Waals surface area (Å²) in [4.78, 5) is 16.1. The standard InChI is InChI=1S/C13H9F3N4OS/c1-6-2-3-7-9(4-6)22-12(17-7)18-11(21)8-5-10(20-19-8)13(14,15)16/h2-5H,1H3,(H,19,20)(H,17,18,21). The average Bonchev–Trinajstić information content (AvgIpc) is 3.03. The third-order valence-electron chi connectivity index (χ3n) is 2.88. The molecule has 0 aliphatic heterocycles. The van der Waals surface area contributed by atoms with E-state index in [1.807, 2.05) is 25.1 Å². The molecule has 5 nitrogen and oxygen atoms in total. The number of amides is 1. The van der Waals surface area contributed by atoms with Crippen LogP contribution in [0.1, 0.15) is 21.7 Å². The maximum Gasteiger partial charge on any atom is 0.432 e. The van der Waals surface area contributed by atoms with Crippen molar-refractivity contribution in [1.82, 2.24) is 15.2 Å². The summed E-state index contributed by atoms with van der Waals surface area (Å²) in [5.74, 6) is -0.748. The minimum Gasteiger partial charge on any atom is -0.296 e. The molecule has 2 heterocycles. The van der Waals surface area contributed by atoms with E-state index in [4.69, 9.17) is 0 Å². The van der Waals surface area contributed by atoms with Crippen LogP contribution >= 0.6 is 11.3 Å². The minimum absolute atomic E-state index is 0.308. The molecule has 22 heavy (non-hydrogen) atoms. The number of aromatic amines is 1. The molecule has 0 bridgehead atoms. The minimum atomic E-state index is -4.57. The van der Waals surface area contributed by atoms with E-state index in [0.717, 1.165) is 10.3 Å². The van der Waals surface area contributed by atoms with Gasteiger partial charge in [0.2, 0.25) is 0 Å². The largest absolute Gasteiger partial charge is 0.432 e. The molecular weight excluding hydrogens is 317 g/mol. The summed E-state index contributed by atoms with van der Waals surface area (Å²) in [6.45, 7) is 1.93. The van der Waals surface area contributed by atoms with Crippen LogP contribution in [0.25, 0.3) is 10.2 Å². The Hall–Kier alpha value is -2.42. The summed E-state index contributed by atoms with van der Waals surface area (Å²) < 4.78 is 38.2. The molecule has 0 aliphatic rings. The lowest BCUT2D eigenvalue weighted by Gasteiger charge is -1.99. The summed E-state index contributed by atoms with van der Waals surface area (Å²) in [7, 11) is 0. The molecule has 0 unspecified atom stereocenters. The van der Waals surface area contributed by atoms with Crippen molar-refractivity contribution in [3.63, 3.8) is 0 Å². The smallest absolute Gasteiger partial charge is 0.296 e. The van der Waals surface area contributed by atoms with Gasteiger partial charge in [0, 0.05) is 6.07 Å². The molecule has 0 saturated carbocycles. The molecule has 0 spiro atoms. The Labute approximate surface area is 126 Å². The summed E-state index contributed by atoms with van der Waals surface area (Å²) in [6, 6.07) is 6.27. The number of fused-ring (bicyclic) bond motifs is 1. The first-order chi connectivity index (χ1) is 10.3. The van der Waals surface area contributed by atoms with E-state index in [9.17, 15) is 18.0 Å². The SMILES string of the molecule is Cc1ccc2nc(NC(=O)c3cc(C(F)(F)F)[nH]n3)sc2c1. The molecule has 0 atom stereocenters. The average molecular weight is 326 g/mol. The highest BCUT2D eigenvalue weighted by Crippen LogP contribution is 2.29. The van der Waals surface area contributed by atoms with Gasteiger partial charge in [0.05, 0.1) is 10.2 Å². The number of aryl methyl sites for hydroxylation is 1. The highest BCUT2D eigenvalue weighted by atomic mass is 32.1. The van der Waals surface area contributed by atoms with Gasteiger partial charge in [-0.2, -0.15) is 18.3 Å². The van der Waals surface area contributed by atoms with Crippen molar-refractivity contribution in [2.45, 2.75) is 13.1 Å². The maximum atomic E-state index is 12.5. The van der Waals surface area contributed by atoms with Gasteiger partial charge < -0.3 is 0 Å². The summed E-state index contributed by atoms with van der Waals surface area (Å²) >= 11 is 1.24. The number of alkyl halides is 3. The molecule has 3 rings (SSSR count). The predicted molar refractivity (Wildman–Crippen MR) is 75.9 cm³/mol. The molecule has 0 saturated heterocycles. The van der Waals surface area contributed by atoms with Crippen molar-refractivity contribution in [2.24, 2.45) is 0 Å². The van der Waals surface area contributed by atoms with Crippen LogP contribution in [-0.2, 0) is 6.18 Å². The molecule has 1 amide bonds. The van der Waals surface area contributed by atoms with Gasteiger partial charge in [-0.25, -0.2) is 4.98 Å². The molecule has 1 aromatic carbocycles. The molecule has 114 valence electrons. The zero-order valence-corrected chi connectivity index (χ0v) is 12.0. The van der Waals surface area contributed by atoms with Gasteiger partial charge in [-0.1, -0.05) is 17.4 Å². The fourth-order valence-corrected chi connectivity index (χ4v) is 2.79. The van der Waals surface area contributed by atoms with Crippen molar-refractivity contribution in [2.75, 3.05) is 5.32 Å². The van der Waals surface area contributed by atoms with Gasteiger partial charge in [-0.3, -0.25) is 15.2 Å². The predicted octanol–water partition coefficient (Wildman–Crippen LogP) is 3.60. The topological polar surface area (TPSA) is 70.7 Å². The molecule has 2 N–H and O–H groups in total. The van der Waals surface area contributed by atoms with Crippen molar-refractivity contribution >= 4 is 32.6 Å². The van der Waals surface area contributed by atoms with Crippen molar-refractivity contribution in [1.29, 1.82) is 0 Å². The van der Waals surface area contributed by atoms with Crippen LogP contribution in [0.3, 0.4) is 0 Å². The first-order valence-corrected chi connectivity index (χ1v) is 6.96. The van der Waals surface area contributed by atoms with Crippen LogP contribution in [0.15, 0.2) is 24.3 Å². The van der Waals surface area contributed by atoms with Gasteiger partial charge in [-0.05, 0) is 24.6 Å². The zero-order valence-electron chi connectivity index (χ0n) is 11.2. The second kappa shape index (κ2) is 5.09. The van der Waals surface area contributed by atoms with Crippen LogP contribution < -0.4 is 5.32 Å².